The first-order valence-corrected chi connectivity index (χ1v) is 12.4. The lowest BCUT2D eigenvalue weighted by Crippen LogP contribution is -2.58. The molecule has 0 bridgehead atoms. The van der Waals surface area contributed by atoms with Crippen LogP contribution in [0.1, 0.15) is 51.5 Å². The van der Waals surface area contributed by atoms with Gasteiger partial charge in [0.25, 0.3) is 0 Å². The summed E-state index contributed by atoms with van der Waals surface area (Å²) >= 11 is 0. The monoisotopic (exact) mass is 551 g/mol. The predicted octanol–water partition coefficient (Wildman–Crippen LogP) is -1.02. The molecule has 14 nitrogen and oxygen atoms in total. The normalized spacial score (nSPS) is 14.6. The Morgan fingerprint density at radius 1 is 0.821 bits per heavy atom. The van der Waals surface area contributed by atoms with Gasteiger partial charge in [0.15, 0.2) is 0 Å². The fourth-order valence-corrected chi connectivity index (χ4v) is 3.48. The zero-order valence-electron chi connectivity index (χ0n) is 21.9. The van der Waals surface area contributed by atoms with Crippen LogP contribution in [0.3, 0.4) is 0 Å². The van der Waals surface area contributed by atoms with E-state index < -0.39 is 72.6 Å². The van der Waals surface area contributed by atoms with Gasteiger partial charge in [-0.15, -0.1) is 0 Å². The fraction of sp³-hybridized carbons (Fsp3) is 0.520. The lowest BCUT2D eigenvalue weighted by molar-refractivity contribution is -0.143. The molecule has 0 aliphatic rings. The number of aliphatic carboxylic acids is 2. The Morgan fingerprint density at radius 2 is 1.33 bits per heavy atom. The van der Waals surface area contributed by atoms with Crippen molar-refractivity contribution in [3.8, 4) is 5.75 Å². The third-order valence-corrected chi connectivity index (χ3v) is 6.14. The number of aromatic hydroxyl groups is 1. The van der Waals surface area contributed by atoms with Gasteiger partial charge < -0.3 is 42.7 Å². The van der Waals surface area contributed by atoms with Gasteiger partial charge in [-0.1, -0.05) is 32.4 Å². The lowest BCUT2D eigenvalue weighted by atomic mass is 9.98. The first-order chi connectivity index (χ1) is 18.2. The quantitative estimate of drug-likeness (QED) is 0.117. The maximum atomic E-state index is 13.3. The molecule has 216 valence electrons. The summed E-state index contributed by atoms with van der Waals surface area (Å²) in [5.41, 5.74) is 11.7. The highest BCUT2D eigenvalue weighted by Crippen LogP contribution is 2.13. The van der Waals surface area contributed by atoms with E-state index >= 15 is 0 Å². The summed E-state index contributed by atoms with van der Waals surface area (Å²) in [7, 11) is 0. The molecule has 0 radical (unpaired) electrons. The minimum atomic E-state index is -1.57. The van der Waals surface area contributed by atoms with Crippen LogP contribution in [-0.4, -0.2) is 75.1 Å². The molecule has 0 aromatic heterocycles. The molecule has 0 spiro atoms. The van der Waals surface area contributed by atoms with Gasteiger partial charge in [-0.2, -0.15) is 0 Å². The van der Waals surface area contributed by atoms with Gasteiger partial charge in [-0.3, -0.25) is 24.0 Å². The lowest BCUT2D eigenvalue weighted by Gasteiger charge is -2.26. The third-order valence-electron chi connectivity index (χ3n) is 6.14. The van der Waals surface area contributed by atoms with Gasteiger partial charge in [-0.25, -0.2) is 4.79 Å². The maximum Gasteiger partial charge on any atom is 0.326 e. The fourth-order valence-electron chi connectivity index (χ4n) is 3.48. The van der Waals surface area contributed by atoms with Crippen LogP contribution >= 0.6 is 0 Å². The Bertz CT molecular complexity index is 1030. The zero-order valence-corrected chi connectivity index (χ0v) is 21.9. The highest BCUT2D eigenvalue weighted by atomic mass is 16.4. The van der Waals surface area contributed by atoms with E-state index in [1.807, 2.05) is 6.92 Å². The number of phenolic OH excluding ortho intramolecular Hbond substituents is 1. The molecular formula is C25H37N5O9. The molecule has 5 atom stereocenters. The van der Waals surface area contributed by atoms with Gasteiger partial charge in [0, 0.05) is 19.3 Å². The molecule has 0 saturated carbocycles. The highest BCUT2D eigenvalue weighted by molar-refractivity contribution is 5.94. The maximum absolute atomic E-state index is 13.3. The smallest absolute Gasteiger partial charge is 0.326 e. The van der Waals surface area contributed by atoms with Crippen molar-refractivity contribution >= 4 is 35.6 Å². The largest absolute Gasteiger partial charge is 0.508 e. The van der Waals surface area contributed by atoms with Crippen molar-refractivity contribution in [2.75, 3.05) is 0 Å². The van der Waals surface area contributed by atoms with Crippen LogP contribution in [0, 0.1) is 5.92 Å². The molecule has 14 heteroatoms. The Kier molecular flexibility index (Phi) is 13.4. The van der Waals surface area contributed by atoms with Crippen LogP contribution in [-0.2, 0) is 35.2 Å². The number of nitrogens with two attached hydrogens (primary N) is 2. The summed E-state index contributed by atoms with van der Waals surface area (Å²) in [5.74, 6) is -6.16. The minimum Gasteiger partial charge on any atom is -0.508 e. The van der Waals surface area contributed by atoms with Crippen molar-refractivity contribution < 1.29 is 44.1 Å². The van der Waals surface area contributed by atoms with Crippen molar-refractivity contribution in [3.63, 3.8) is 0 Å². The number of benzene rings is 1. The molecule has 1 aromatic rings. The van der Waals surface area contributed by atoms with E-state index in [4.69, 9.17) is 16.6 Å². The van der Waals surface area contributed by atoms with Crippen LogP contribution in [0.15, 0.2) is 24.3 Å². The van der Waals surface area contributed by atoms with Crippen molar-refractivity contribution in [1.29, 1.82) is 0 Å². The van der Waals surface area contributed by atoms with Crippen LogP contribution in [0.2, 0.25) is 0 Å². The molecule has 0 saturated heterocycles. The minimum absolute atomic E-state index is 0.0124. The molecule has 0 aliphatic carbocycles. The SMILES string of the molecule is CCC(C)C(N)C(=O)NC(Cc1ccc(O)cc1)C(=O)NC(CCC(N)=O)C(=O)NC(CCC(=O)O)C(=O)O. The van der Waals surface area contributed by atoms with Gasteiger partial charge in [0.05, 0.1) is 6.04 Å². The van der Waals surface area contributed by atoms with E-state index in [1.54, 1.807) is 6.92 Å². The number of hydrogen-bond donors (Lipinski definition) is 8. The van der Waals surface area contributed by atoms with Crippen LogP contribution < -0.4 is 27.4 Å². The van der Waals surface area contributed by atoms with E-state index in [2.05, 4.69) is 16.0 Å². The summed E-state index contributed by atoms with van der Waals surface area (Å²) in [4.78, 5) is 72.7. The average Bonchev–Trinajstić information content (AvgIpc) is 2.87. The Labute approximate surface area is 225 Å². The molecule has 4 amide bonds. The summed E-state index contributed by atoms with van der Waals surface area (Å²) in [6, 6.07) is 0.697. The van der Waals surface area contributed by atoms with Gasteiger partial charge in [0.2, 0.25) is 23.6 Å². The summed E-state index contributed by atoms with van der Waals surface area (Å²) < 4.78 is 0. The number of hydrogen-bond acceptors (Lipinski definition) is 8. The van der Waals surface area contributed by atoms with Gasteiger partial charge >= 0.3 is 11.9 Å². The van der Waals surface area contributed by atoms with Gasteiger partial charge in [0.1, 0.15) is 23.9 Å². The Balaban J connectivity index is 3.18. The van der Waals surface area contributed by atoms with Crippen molar-refractivity contribution in [2.45, 2.75) is 76.5 Å². The van der Waals surface area contributed by atoms with E-state index in [0.29, 0.717) is 12.0 Å². The average molecular weight is 552 g/mol. The van der Waals surface area contributed by atoms with E-state index in [9.17, 15) is 39.0 Å². The predicted molar refractivity (Wildman–Crippen MR) is 138 cm³/mol. The van der Waals surface area contributed by atoms with E-state index in [0.717, 1.165) is 0 Å². The second kappa shape index (κ2) is 15.9. The molecule has 39 heavy (non-hydrogen) atoms. The second-order valence-corrected chi connectivity index (χ2v) is 9.24. The van der Waals surface area contributed by atoms with Crippen LogP contribution in [0.5, 0.6) is 5.75 Å². The number of carbonyl (C=O) groups is 6. The standard InChI is InChI=1S/C25H37N5O9/c1-3-13(2)21(27)24(37)30-18(12-14-4-6-15(31)7-5-14)23(36)28-16(8-10-19(26)32)22(35)29-17(25(38)39)9-11-20(33)34/h4-7,13,16-18,21,31H,3,8-12,27H2,1-2H3,(H2,26,32)(H,28,36)(H,29,35)(H,30,37)(H,33,34)(H,38,39). The number of nitrogens with one attached hydrogen (secondary N) is 3. The number of carbonyl (C=O) groups excluding carboxylic acids is 4. The van der Waals surface area contributed by atoms with Crippen LogP contribution in [0.4, 0.5) is 0 Å². The van der Waals surface area contributed by atoms with Gasteiger partial charge in [-0.05, 0) is 36.5 Å². The van der Waals surface area contributed by atoms with Crippen LogP contribution in [0.25, 0.3) is 0 Å². The topological polar surface area (TPSA) is 251 Å². The number of carboxylic acid groups (broad SMARTS) is 2. The van der Waals surface area contributed by atoms with Crippen molar-refractivity contribution in [3.05, 3.63) is 29.8 Å². The molecule has 1 aromatic carbocycles. The summed E-state index contributed by atoms with van der Waals surface area (Å²) in [6.07, 6.45) is -1.02. The molecule has 0 aliphatic heterocycles. The number of amides is 4. The number of primary amides is 1. The van der Waals surface area contributed by atoms with E-state index in [1.165, 1.54) is 24.3 Å². The molecule has 0 heterocycles. The molecule has 0 fully saturated rings. The van der Waals surface area contributed by atoms with Crippen molar-refractivity contribution in [2.24, 2.45) is 17.4 Å². The number of carboxylic acids is 2. The highest BCUT2D eigenvalue weighted by Gasteiger charge is 2.31. The second-order valence-electron chi connectivity index (χ2n) is 9.24. The summed E-state index contributed by atoms with van der Waals surface area (Å²) in [6.45, 7) is 3.62. The Hall–Kier alpha value is -4.20. The molecular weight excluding hydrogens is 514 g/mol. The number of rotatable bonds is 17. The summed E-state index contributed by atoms with van der Waals surface area (Å²) in [5, 5.41) is 34.9. The van der Waals surface area contributed by atoms with Crippen molar-refractivity contribution in [1.82, 2.24) is 16.0 Å². The molecule has 5 unspecified atom stereocenters. The molecule has 10 N–H and O–H groups in total. The first-order valence-electron chi connectivity index (χ1n) is 12.4. The Morgan fingerprint density at radius 3 is 1.85 bits per heavy atom. The van der Waals surface area contributed by atoms with E-state index in [-0.39, 0.29) is 30.9 Å². The zero-order chi connectivity index (χ0) is 29.7. The third kappa shape index (κ3) is 11.8. The number of phenols is 1. The first kappa shape index (κ1) is 32.8. The molecule has 1 rings (SSSR count).